The van der Waals surface area contributed by atoms with Crippen LogP contribution in [0.25, 0.3) is 0 Å². The molecule has 0 aromatic carbocycles. The van der Waals surface area contributed by atoms with Gasteiger partial charge < -0.3 is 10.6 Å². The minimum Gasteiger partial charge on any atom is -0.370 e. The van der Waals surface area contributed by atoms with Crippen LogP contribution in [0.1, 0.15) is 58.8 Å². The van der Waals surface area contributed by atoms with Crippen molar-refractivity contribution in [3.63, 3.8) is 0 Å². The monoisotopic (exact) mass is 264 g/mol. The smallest absolute Gasteiger partial charge is 0.138 e. The van der Waals surface area contributed by atoms with Gasteiger partial charge in [-0.2, -0.15) is 0 Å². The Hall–Kier alpha value is -1.32. The molecule has 0 radical (unpaired) electrons. The lowest BCUT2D eigenvalue weighted by Gasteiger charge is -2.21. The fourth-order valence-electron chi connectivity index (χ4n) is 1.75. The Balaban J connectivity index is 3.09. The predicted molar refractivity (Wildman–Crippen MR) is 83.0 cm³/mol. The Morgan fingerprint density at radius 2 is 1.58 bits per heavy atom. The van der Waals surface area contributed by atoms with Crippen LogP contribution in [0.5, 0.6) is 0 Å². The normalized spacial score (nSPS) is 11.5. The number of hydrogen-bond acceptors (Lipinski definition) is 4. The van der Waals surface area contributed by atoms with E-state index in [9.17, 15) is 0 Å². The Morgan fingerprint density at radius 3 is 2.05 bits per heavy atom. The number of nitrogens with zero attached hydrogens (tertiary/aromatic N) is 2. The quantitative estimate of drug-likeness (QED) is 0.769. The molecule has 0 spiro atoms. The minimum atomic E-state index is -0.0426. The van der Waals surface area contributed by atoms with Crippen molar-refractivity contribution >= 4 is 11.6 Å². The van der Waals surface area contributed by atoms with E-state index in [1.807, 2.05) is 0 Å². The Bertz CT molecular complexity index is 407. The van der Waals surface area contributed by atoms with Gasteiger partial charge in [-0.15, -0.1) is 0 Å². The summed E-state index contributed by atoms with van der Waals surface area (Å²) in [5, 5.41) is 6.76. The van der Waals surface area contributed by atoms with E-state index in [0.717, 1.165) is 42.5 Å². The largest absolute Gasteiger partial charge is 0.370 e. The summed E-state index contributed by atoms with van der Waals surface area (Å²) >= 11 is 0. The zero-order valence-electron chi connectivity index (χ0n) is 13.2. The molecule has 0 aliphatic heterocycles. The first-order valence-electron chi connectivity index (χ1n) is 7.27. The molecule has 108 valence electrons. The summed E-state index contributed by atoms with van der Waals surface area (Å²) in [5.74, 6) is 2.79. The number of aromatic nitrogens is 2. The van der Waals surface area contributed by atoms with Crippen molar-refractivity contribution in [1.29, 1.82) is 0 Å². The van der Waals surface area contributed by atoms with Crippen LogP contribution >= 0.6 is 0 Å². The highest BCUT2D eigenvalue weighted by molar-refractivity contribution is 5.57. The maximum Gasteiger partial charge on any atom is 0.138 e. The first kappa shape index (κ1) is 15.7. The molecule has 0 bridgehead atoms. The number of unbranched alkanes of at least 4 members (excludes halogenated alkanes) is 1. The van der Waals surface area contributed by atoms with Crippen molar-refractivity contribution in [2.24, 2.45) is 0 Å². The summed E-state index contributed by atoms with van der Waals surface area (Å²) in [4.78, 5) is 9.36. The average Bonchev–Trinajstić information content (AvgIpc) is 2.32. The molecule has 2 N–H and O–H groups in total. The van der Waals surface area contributed by atoms with E-state index in [2.05, 4.69) is 57.2 Å². The third-order valence-corrected chi connectivity index (χ3v) is 2.98. The molecular formula is C15H28N4. The number of nitrogens with one attached hydrogen (secondary N) is 2. The highest BCUT2D eigenvalue weighted by Gasteiger charge is 2.20. The predicted octanol–water partition coefficient (Wildman–Crippen LogP) is 3.73. The highest BCUT2D eigenvalue weighted by atomic mass is 15.1. The van der Waals surface area contributed by atoms with E-state index in [-0.39, 0.29) is 5.41 Å². The van der Waals surface area contributed by atoms with Crippen LogP contribution in [0.4, 0.5) is 11.6 Å². The van der Waals surface area contributed by atoms with Gasteiger partial charge in [0.05, 0.1) is 0 Å². The zero-order valence-corrected chi connectivity index (χ0v) is 13.2. The fourth-order valence-corrected chi connectivity index (χ4v) is 1.75. The third-order valence-electron chi connectivity index (χ3n) is 2.98. The molecule has 1 rings (SSSR count). The molecule has 4 heteroatoms. The Labute approximate surface area is 117 Å². The summed E-state index contributed by atoms with van der Waals surface area (Å²) in [6.07, 6.45) is 2.34. The van der Waals surface area contributed by atoms with Crippen LogP contribution in [0.15, 0.2) is 0 Å². The van der Waals surface area contributed by atoms with Crippen molar-refractivity contribution in [1.82, 2.24) is 9.97 Å². The van der Waals surface area contributed by atoms with Gasteiger partial charge in [-0.3, -0.25) is 0 Å². The maximum absolute atomic E-state index is 4.70. The van der Waals surface area contributed by atoms with E-state index in [1.165, 1.54) is 6.42 Å². The summed E-state index contributed by atoms with van der Waals surface area (Å²) in [6.45, 7) is 14.6. The summed E-state index contributed by atoms with van der Waals surface area (Å²) < 4.78 is 0. The first-order chi connectivity index (χ1) is 8.90. The van der Waals surface area contributed by atoms with Crippen LogP contribution in [0.3, 0.4) is 0 Å². The Kier molecular flexibility index (Phi) is 5.58. The molecule has 0 saturated heterocycles. The second-order valence-electron chi connectivity index (χ2n) is 5.93. The van der Waals surface area contributed by atoms with Gasteiger partial charge in [-0.05, 0) is 20.3 Å². The lowest BCUT2D eigenvalue weighted by molar-refractivity contribution is 0.546. The number of rotatable bonds is 6. The van der Waals surface area contributed by atoms with Gasteiger partial charge >= 0.3 is 0 Å². The van der Waals surface area contributed by atoms with Crippen LogP contribution < -0.4 is 10.6 Å². The average molecular weight is 264 g/mol. The molecule has 0 aliphatic rings. The topological polar surface area (TPSA) is 49.8 Å². The molecule has 1 aromatic rings. The number of hydrogen-bond donors (Lipinski definition) is 2. The van der Waals surface area contributed by atoms with Crippen molar-refractivity contribution in [3.8, 4) is 0 Å². The number of anilines is 2. The van der Waals surface area contributed by atoms with Gasteiger partial charge in [0.2, 0.25) is 0 Å². The molecule has 1 heterocycles. The molecule has 1 aromatic heterocycles. The standard InChI is InChI=1S/C15H28N4/c1-7-9-10-17-13-11(3)12(16-8-2)18-14(19-13)15(4,5)6/h7-10H2,1-6H3,(H2,16,17,18,19). The van der Waals surface area contributed by atoms with E-state index < -0.39 is 0 Å². The highest BCUT2D eigenvalue weighted by Crippen LogP contribution is 2.26. The van der Waals surface area contributed by atoms with E-state index in [0.29, 0.717) is 0 Å². The van der Waals surface area contributed by atoms with Gasteiger partial charge in [-0.1, -0.05) is 34.1 Å². The summed E-state index contributed by atoms with van der Waals surface area (Å²) in [7, 11) is 0. The van der Waals surface area contributed by atoms with Crippen molar-refractivity contribution in [2.45, 2.75) is 59.8 Å². The Morgan fingerprint density at radius 1 is 1.00 bits per heavy atom. The minimum absolute atomic E-state index is 0.0426. The second kappa shape index (κ2) is 6.73. The maximum atomic E-state index is 4.70. The molecule has 0 atom stereocenters. The summed E-state index contributed by atoms with van der Waals surface area (Å²) in [5.41, 5.74) is 1.06. The molecule has 0 aliphatic carbocycles. The summed E-state index contributed by atoms with van der Waals surface area (Å²) in [6, 6.07) is 0. The molecule has 0 fully saturated rings. The van der Waals surface area contributed by atoms with Crippen LogP contribution in [0.2, 0.25) is 0 Å². The fraction of sp³-hybridized carbons (Fsp3) is 0.733. The molecule has 19 heavy (non-hydrogen) atoms. The van der Waals surface area contributed by atoms with Crippen molar-refractivity contribution in [2.75, 3.05) is 23.7 Å². The van der Waals surface area contributed by atoms with Crippen LogP contribution in [-0.4, -0.2) is 23.1 Å². The first-order valence-corrected chi connectivity index (χ1v) is 7.27. The van der Waals surface area contributed by atoms with Gasteiger partial charge in [0.1, 0.15) is 17.5 Å². The molecular weight excluding hydrogens is 236 g/mol. The lowest BCUT2D eigenvalue weighted by atomic mass is 9.95. The van der Waals surface area contributed by atoms with Crippen molar-refractivity contribution < 1.29 is 0 Å². The van der Waals surface area contributed by atoms with Gasteiger partial charge in [0.15, 0.2) is 0 Å². The molecule has 0 amide bonds. The second-order valence-corrected chi connectivity index (χ2v) is 5.93. The zero-order chi connectivity index (χ0) is 14.5. The third kappa shape index (κ3) is 4.37. The molecule has 0 saturated carbocycles. The van der Waals surface area contributed by atoms with Crippen LogP contribution in [-0.2, 0) is 5.41 Å². The lowest BCUT2D eigenvalue weighted by Crippen LogP contribution is -2.20. The molecule has 0 unspecified atom stereocenters. The van der Waals surface area contributed by atoms with E-state index in [4.69, 9.17) is 4.98 Å². The van der Waals surface area contributed by atoms with Gasteiger partial charge in [-0.25, -0.2) is 9.97 Å². The van der Waals surface area contributed by atoms with Crippen molar-refractivity contribution in [3.05, 3.63) is 11.4 Å². The van der Waals surface area contributed by atoms with E-state index in [1.54, 1.807) is 0 Å². The van der Waals surface area contributed by atoms with Crippen LogP contribution in [0, 0.1) is 6.92 Å². The van der Waals surface area contributed by atoms with Gasteiger partial charge in [0.25, 0.3) is 0 Å². The van der Waals surface area contributed by atoms with Gasteiger partial charge in [0, 0.05) is 24.1 Å². The molecule has 4 nitrogen and oxygen atoms in total. The van der Waals surface area contributed by atoms with E-state index >= 15 is 0 Å². The SMILES string of the molecule is CCCCNc1nc(C(C)(C)C)nc(NCC)c1C.